The van der Waals surface area contributed by atoms with E-state index in [9.17, 15) is 9.59 Å². The van der Waals surface area contributed by atoms with Gasteiger partial charge in [0, 0.05) is 0 Å². The molecule has 0 heterocycles. The SMILES string of the molecule is CCC(CC)COc1cc(C(=O)O)cc(C(=O)O)c1. The molecule has 1 aromatic carbocycles. The van der Waals surface area contributed by atoms with Gasteiger partial charge in [-0.3, -0.25) is 0 Å². The van der Waals surface area contributed by atoms with Crippen LogP contribution >= 0.6 is 0 Å². The summed E-state index contributed by atoms with van der Waals surface area (Å²) in [5, 5.41) is 17.9. The van der Waals surface area contributed by atoms with Crippen LogP contribution in [0.2, 0.25) is 0 Å². The van der Waals surface area contributed by atoms with E-state index in [4.69, 9.17) is 14.9 Å². The molecule has 0 radical (unpaired) electrons. The first-order chi connectivity index (χ1) is 8.97. The van der Waals surface area contributed by atoms with Gasteiger partial charge in [-0.2, -0.15) is 0 Å². The second-order valence-electron chi connectivity index (χ2n) is 4.35. The summed E-state index contributed by atoms with van der Waals surface area (Å²) in [4.78, 5) is 21.9. The van der Waals surface area contributed by atoms with Gasteiger partial charge in [0.05, 0.1) is 17.7 Å². The molecule has 1 rings (SSSR count). The number of benzene rings is 1. The molecule has 5 nitrogen and oxygen atoms in total. The smallest absolute Gasteiger partial charge is 0.335 e. The van der Waals surface area contributed by atoms with Gasteiger partial charge < -0.3 is 14.9 Å². The maximum absolute atomic E-state index is 10.9. The van der Waals surface area contributed by atoms with Crippen molar-refractivity contribution in [2.75, 3.05) is 6.61 Å². The fourth-order valence-electron chi connectivity index (χ4n) is 1.67. The van der Waals surface area contributed by atoms with E-state index in [1.165, 1.54) is 12.1 Å². The Labute approximate surface area is 111 Å². The van der Waals surface area contributed by atoms with Gasteiger partial charge in [-0.25, -0.2) is 9.59 Å². The molecule has 0 unspecified atom stereocenters. The van der Waals surface area contributed by atoms with Crippen molar-refractivity contribution < 1.29 is 24.5 Å². The highest BCUT2D eigenvalue weighted by Gasteiger charge is 2.13. The van der Waals surface area contributed by atoms with E-state index in [0.29, 0.717) is 12.5 Å². The first-order valence-electron chi connectivity index (χ1n) is 6.22. The zero-order valence-electron chi connectivity index (χ0n) is 11.0. The van der Waals surface area contributed by atoms with Crippen molar-refractivity contribution in [2.45, 2.75) is 26.7 Å². The van der Waals surface area contributed by atoms with E-state index in [2.05, 4.69) is 0 Å². The second-order valence-corrected chi connectivity index (χ2v) is 4.35. The predicted octanol–water partition coefficient (Wildman–Crippen LogP) is 2.90. The number of hydrogen-bond acceptors (Lipinski definition) is 3. The third kappa shape index (κ3) is 4.28. The minimum Gasteiger partial charge on any atom is -0.493 e. The summed E-state index contributed by atoms with van der Waals surface area (Å²) in [5.74, 6) is -1.68. The lowest BCUT2D eigenvalue weighted by Gasteiger charge is -2.14. The van der Waals surface area contributed by atoms with E-state index in [1.54, 1.807) is 0 Å². The third-order valence-electron chi connectivity index (χ3n) is 3.04. The zero-order chi connectivity index (χ0) is 14.4. The monoisotopic (exact) mass is 266 g/mol. The van der Waals surface area contributed by atoms with E-state index in [0.717, 1.165) is 18.9 Å². The molecule has 0 saturated heterocycles. The molecule has 2 N–H and O–H groups in total. The molecule has 0 aliphatic carbocycles. The van der Waals surface area contributed by atoms with Gasteiger partial charge in [0.15, 0.2) is 0 Å². The molecular formula is C14H18O5. The van der Waals surface area contributed by atoms with Crippen LogP contribution in [-0.2, 0) is 0 Å². The largest absolute Gasteiger partial charge is 0.493 e. The lowest BCUT2D eigenvalue weighted by molar-refractivity contribution is 0.0696. The number of aromatic carboxylic acids is 2. The van der Waals surface area contributed by atoms with Crippen LogP contribution in [-0.4, -0.2) is 28.8 Å². The van der Waals surface area contributed by atoms with Gasteiger partial charge in [0.1, 0.15) is 5.75 Å². The summed E-state index contributed by atoms with van der Waals surface area (Å²) in [5.41, 5.74) is -0.168. The van der Waals surface area contributed by atoms with Gasteiger partial charge in [-0.05, 0) is 24.1 Å². The van der Waals surface area contributed by atoms with Gasteiger partial charge >= 0.3 is 11.9 Å². The summed E-state index contributed by atoms with van der Waals surface area (Å²) in [6, 6.07) is 3.81. The summed E-state index contributed by atoms with van der Waals surface area (Å²) in [6.45, 7) is 4.55. The Morgan fingerprint density at radius 2 is 1.53 bits per heavy atom. The molecule has 1 aromatic rings. The molecule has 19 heavy (non-hydrogen) atoms. The average molecular weight is 266 g/mol. The second kappa shape index (κ2) is 6.78. The Kier molecular flexibility index (Phi) is 5.36. The number of carbonyl (C=O) groups is 2. The standard InChI is InChI=1S/C14H18O5/c1-3-9(4-2)8-19-12-6-10(13(15)16)5-11(7-12)14(17)18/h5-7,9H,3-4,8H2,1-2H3,(H,15,16)(H,17,18). The summed E-state index contributed by atoms with van der Waals surface area (Å²) < 4.78 is 5.50. The highest BCUT2D eigenvalue weighted by atomic mass is 16.5. The van der Waals surface area contributed by atoms with Gasteiger partial charge in [0.25, 0.3) is 0 Å². The van der Waals surface area contributed by atoms with Crippen LogP contribution in [0.25, 0.3) is 0 Å². The first-order valence-corrected chi connectivity index (χ1v) is 6.22. The normalized spacial score (nSPS) is 10.5. The lowest BCUT2D eigenvalue weighted by atomic mass is 10.1. The van der Waals surface area contributed by atoms with Crippen LogP contribution in [0, 0.1) is 5.92 Å². The summed E-state index contributed by atoms with van der Waals surface area (Å²) in [7, 11) is 0. The molecular weight excluding hydrogens is 248 g/mol. The van der Waals surface area contributed by atoms with Crippen molar-refractivity contribution in [1.82, 2.24) is 0 Å². The Morgan fingerprint density at radius 1 is 1.05 bits per heavy atom. The van der Waals surface area contributed by atoms with Crippen LogP contribution in [0.5, 0.6) is 5.75 Å². The molecule has 0 aliphatic heterocycles. The van der Waals surface area contributed by atoms with Crippen molar-refractivity contribution in [1.29, 1.82) is 0 Å². The Bertz CT molecular complexity index is 431. The van der Waals surface area contributed by atoms with E-state index in [1.807, 2.05) is 13.8 Å². The quantitative estimate of drug-likeness (QED) is 0.792. The minimum atomic E-state index is -1.17. The van der Waals surface area contributed by atoms with E-state index >= 15 is 0 Å². The van der Waals surface area contributed by atoms with Crippen molar-refractivity contribution in [3.63, 3.8) is 0 Å². The minimum absolute atomic E-state index is 0.0838. The van der Waals surface area contributed by atoms with Gasteiger partial charge in [-0.15, -0.1) is 0 Å². The number of carboxylic acid groups (broad SMARTS) is 2. The Balaban J connectivity index is 2.93. The van der Waals surface area contributed by atoms with Crippen molar-refractivity contribution in [3.05, 3.63) is 29.3 Å². The molecule has 0 amide bonds. The molecule has 0 saturated carbocycles. The average Bonchev–Trinajstić information content (AvgIpc) is 2.39. The van der Waals surface area contributed by atoms with Gasteiger partial charge in [-0.1, -0.05) is 26.7 Å². The summed E-state index contributed by atoms with van der Waals surface area (Å²) >= 11 is 0. The van der Waals surface area contributed by atoms with Crippen LogP contribution < -0.4 is 4.74 Å². The first kappa shape index (κ1) is 15.0. The number of carboxylic acids is 2. The summed E-state index contributed by atoms with van der Waals surface area (Å²) in [6.07, 6.45) is 1.92. The number of hydrogen-bond donors (Lipinski definition) is 2. The fourth-order valence-corrected chi connectivity index (χ4v) is 1.67. The van der Waals surface area contributed by atoms with Crippen LogP contribution in [0.3, 0.4) is 0 Å². The highest BCUT2D eigenvalue weighted by Crippen LogP contribution is 2.19. The van der Waals surface area contributed by atoms with Gasteiger partial charge in [0.2, 0.25) is 0 Å². The molecule has 104 valence electrons. The predicted molar refractivity (Wildman–Crippen MR) is 69.9 cm³/mol. The molecule has 0 aliphatic rings. The third-order valence-corrected chi connectivity index (χ3v) is 3.04. The van der Waals surface area contributed by atoms with Crippen LogP contribution in [0.1, 0.15) is 47.4 Å². The lowest BCUT2D eigenvalue weighted by Crippen LogP contribution is -2.11. The molecule has 0 bridgehead atoms. The molecule has 5 heteroatoms. The number of rotatable bonds is 7. The van der Waals surface area contributed by atoms with E-state index in [-0.39, 0.29) is 16.9 Å². The Morgan fingerprint density at radius 3 is 1.89 bits per heavy atom. The van der Waals surface area contributed by atoms with Crippen molar-refractivity contribution >= 4 is 11.9 Å². The maximum atomic E-state index is 10.9. The van der Waals surface area contributed by atoms with Crippen LogP contribution in [0.4, 0.5) is 0 Å². The topological polar surface area (TPSA) is 83.8 Å². The van der Waals surface area contributed by atoms with Crippen molar-refractivity contribution in [2.24, 2.45) is 5.92 Å². The fraction of sp³-hybridized carbons (Fsp3) is 0.429. The molecule has 0 aromatic heterocycles. The molecule has 0 fully saturated rings. The number of ether oxygens (including phenoxy) is 1. The molecule has 0 atom stereocenters. The van der Waals surface area contributed by atoms with Crippen LogP contribution in [0.15, 0.2) is 18.2 Å². The zero-order valence-corrected chi connectivity index (χ0v) is 11.0. The maximum Gasteiger partial charge on any atom is 0.335 e. The van der Waals surface area contributed by atoms with Crippen molar-refractivity contribution in [3.8, 4) is 5.75 Å². The molecule has 0 spiro atoms. The Hall–Kier alpha value is -2.04. The van der Waals surface area contributed by atoms with E-state index < -0.39 is 11.9 Å². The highest BCUT2D eigenvalue weighted by molar-refractivity contribution is 5.94.